The van der Waals surface area contributed by atoms with Crippen LogP contribution in [0.2, 0.25) is 10.0 Å². The van der Waals surface area contributed by atoms with Gasteiger partial charge in [-0.25, -0.2) is 0 Å². The van der Waals surface area contributed by atoms with Crippen molar-refractivity contribution in [2.45, 2.75) is 50.5 Å². The van der Waals surface area contributed by atoms with E-state index in [2.05, 4.69) is 5.32 Å². The number of likely N-dealkylation sites (tertiary alicyclic amines) is 2. The summed E-state index contributed by atoms with van der Waals surface area (Å²) in [7, 11) is 0. The van der Waals surface area contributed by atoms with Gasteiger partial charge in [0.2, 0.25) is 11.8 Å². The molecule has 2 saturated heterocycles. The molecule has 228 valence electrons. The molecule has 42 heavy (non-hydrogen) atoms. The van der Waals surface area contributed by atoms with Gasteiger partial charge in [-0.3, -0.25) is 14.4 Å². The second-order valence-corrected chi connectivity index (χ2v) is 11.4. The van der Waals surface area contributed by atoms with Crippen LogP contribution >= 0.6 is 23.2 Å². The summed E-state index contributed by atoms with van der Waals surface area (Å²) in [5.41, 5.74) is -3.45. The highest BCUT2D eigenvalue weighted by Gasteiger charge is 2.40. The first-order valence-electron chi connectivity index (χ1n) is 13.1. The van der Waals surface area contributed by atoms with Crippen molar-refractivity contribution in [1.82, 2.24) is 15.1 Å². The van der Waals surface area contributed by atoms with E-state index in [1.54, 1.807) is 21.9 Å². The fourth-order valence-corrected chi connectivity index (χ4v) is 6.03. The van der Waals surface area contributed by atoms with Crippen LogP contribution in [0.1, 0.15) is 59.2 Å². The summed E-state index contributed by atoms with van der Waals surface area (Å²) < 4.78 is 80.2. The normalized spacial score (nSPS) is 20.4. The second-order valence-electron chi connectivity index (χ2n) is 10.5. The van der Waals surface area contributed by atoms with Gasteiger partial charge in [0.1, 0.15) is 0 Å². The van der Waals surface area contributed by atoms with Crippen molar-refractivity contribution in [2.75, 3.05) is 26.2 Å². The molecule has 2 aliphatic heterocycles. The number of hydrogen-bond donors (Lipinski definition) is 1. The van der Waals surface area contributed by atoms with Crippen LogP contribution in [0, 0.1) is 5.92 Å². The van der Waals surface area contributed by atoms with Crippen molar-refractivity contribution in [3.63, 3.8) is 0 Å². The third kappa shape index (κ3) is 7.50. The number of carbonyl (C=O) groups is 3. The fraction of sp³-hybridized carbons (Fsp3) is 0.464. The molecule has 2 heterocycles. The van der Waals surface area contributed by atoms with Crippen LogP contribution in [-0.2, 0) is 21.9 Å². The summed E-state index contributed by atoms with van der Waals surface area (Å²) in [6, 6.07) is 4.60. The molecule has 2 fully saturated rings. The van der Waals surface area contributed by atoms with Crippen LogP contribution in [-0.4, -0.2) is 59.7 Å². The molecule has 0 unspecified atom stereocenters. The van der Waals surface area contributed by atoms with Gasteiger partial charge in [-0.05, 0) is 61.2 Å². The Labute approximate surface area is 247 Å². The van der Waals surface area contributed by atoms with Crippen LogP contribution in [0.5, 0.6) is 0 Å². The van der Waals surface area contributed by atoms with Crippen molar-refractivity contribution in [3.8, 4) is 0 Å². The molecule has 0 bridgehead atoms. The smallest absolute Gasteiger partial charge is 0.349 e. The van der Waals surface area contributed by atoms with Gasteiger partial charge < -0.3 is 15.1 Å². The maximum Gasteiger partial charge on any atom is 0.416 e. The van der Waals surface area contributed by atoms with Crippen LogP contribution in [0.3, 0.4) is 0 Å². The summed E-state index contributed by atoms with van der Waals surface area (Å²) in [5, 5.41) is 3.14. The van der Waals surface area contributed by atoms with Gasteiger partial charge in [-0.1, -0.05) is 23.2 Å². The van der Waals surface area contributed by atoms with Crippen LogP contribution < -0.4 is 5.32 Å². The largest absolute Gasteiger partial charge is 0.416 e. The quantitative estimate of drug-likeness (QED) is 0.394. The molecular formula is C28H27Cl2F6N3O3. The number of alkyl halides is 6. The van der Waals surface area contributed by atoms with Crippen LogP contribution in [0.4, 0.5) is 26.3 Å². The number of nitrogens with one attached hydrogen (secondary N) is 1. The number of halogens is 8. The van der Waals surface area contributed by atoms with Gasteiger partial charge >= 0.3 is 12.4 Å². The molecule has 2 aromatic carbocycles. The Hall–Kier alpha value is -2.99. The van der Waals surface area contributed by atoms with E-state index in [1.165, 1.54) is 13.0 Å². The molecule has 0 saturated carbocycles. The van der Waals surface area contributed by atoms with E-state index in [9.17, 15) is 40.7 Å². The Bertz CT molecular complexity index is 1310. The summed E-state index contributed by atoms with van der Waals surface area (Å²) in [4.78, 5) is 41.5. The van der Waals surface area contributed by atoms with E-state index in [1.807, 2.05) is 0 Å². The van der Waals surface area contributed by atoms with Gasteiger partial charge in [0.15, 0.2) is 0 Å². The SMILES string of the molecule is CC(=O)N1CCC(C(=O)N2CC[C@@H](NC(=O)c3cc(C(F)(F)F)cc(C(F)(F)F)c3)[C@H](c3cc(Cl)cc(Cl)c3)C2)CC1. The maximum atomic E-state index is 13.4. The number of piperidine rings is 2. The average molecular weight is 638 g/mol. The lowest BCUT2D eigenvalue weighted by Gasteiger charge is -2.41. The topological polar surface area (TPSA) is 69.7 Å². The Balaban J connectivity index is 1.59. The number of hydrogen-bond acceptors (Lipinski definition) is 3. The Morgan fingerprint density at radius 1 is 0.786 bits per heavy atom. The third-order valence-corrected chi connectivity index (χ3v) is 8.13. The Kier molecular flexibility index (Phi) is 9.37. The number of benzene rings is 2. The lowest BCUT2D eigenvalue weighted by molar-refractivity contribution is -0.143. The molecular weight excluding hydrogens is 611 g/mol. The summed E-state index contributed by atoms with van der Waals surface area (Å²) >= 11 is 12.4. The van der Waals surface area contributed by atoms with E-state index >= 15 is 0 Å². The molecule has 0 aliphatic carbocycles. The minimum absolute atomic E-state index is 0.0431. The standard InChI is InChI=1S/C28H27Cl2F6N3O3/c1-15(40)38-5-2-16(3-6-38)26(42)39-7-4-24(23(14-39)17-10-21(29)13-22(30)11-17)37-25(41)18-8-19(27(31,32)33)12-20(9-18)28(34,35)36/h8-13,16,23-24H,2-7,14H2,1H3,(H,37,41)/t23-,24+/m0/s1. The fourth-order valence-electron chi connectivity index (χ4n) is 5.49. The van der Waals surface area contributed by atoms with Gasteiger partial charge in [-0.2, -0.15) is 26.3 Å². The van der Waals surface area contributed by atoms with E-state index in [4.69, 9.17) is 23.2 Å². The number of carbonyl (C=O) groups excluding carboxylic acids is 3. The van der Waals surface area contributed by atoms with Crippen LogP contribution in [0.15, 0.2) is 36.4 Å². The highest BCUT2D eigenvalue weighted by atomic mass is 35.5. The zero-order valence-electron chi connectivity index (χ0n) is 22.3. The van der Waals surface area contributed by atoms with Gasteiger partial charge in [0.05, 0.1) is 11.1 Å². The van der Waals surface area contributed by atoms with Crippen molar-refractivity contribution in [3.05, 3.63) is 68.7 Å². The van der Waals surface area contributed by atoms with E-state index in [0.29, 0.717) is 43.6 Å². The molecule has 2 aromatic rings. The predicted octanol–water partition coefficient (Wildman–Crippen LogP) is 6.40. The second kappa shape index (κ2) is 12.3. The molecule has 2 atom stereocenters. The predicted molar refractivity (Wildman–Crippen MR) is 143 cm³/mol. The number of nitrogens with zero attached hydrogens (tertiary/aromatic N) is 2. The molecule has 14 heteroatoms. The first-order valence-corrected chi connectivity index (χ1v) is 13.9. The molecule has 2 aliphatic rings. The molecule has 6 nitrogen and oxygen atoms in total. The maximum absolute atomic E-state index is 13.4. The Morgan fingerprint density at radius 2 is 1.31 bits per heavy atom. The van der Waals surface area contributed by atoms with Crippen molar-refractivity contribution >= 4 is 40.9 Å². The van der Waals surface area contributed by atoms with Crippen molar-refractivity contribution in [2.24, 2.45) is 5.92 Å². The molecule has 0 spiro atoms. The molecule has 0 radical (unpaired) electrons. The lowest BCUT2D eigenvalue weighted by Crippen LogP contribution is -2.53. The molecule has 1 N–H and O–H groups in total. The van der Waals surface area contributed by atoms with Gasteiger partial charge in [-0.15, -0.1) is 0 Å². The van der Waals surface area contributed by atoms with Gasteiger partial charge in [0, 0.05) is 66.6 Å². The highest BCUT2D eigenvalue weighted by Crippen LogP contribution is 2.37. The van der Waals surface area contributed by atoms with E-state index in [-0.39, 0.29) is 53.4 Å². The lowest BCUT2D eigenvalue weighted by atomic mass is 9.84. The third-order valence-electron chi connectivity index (χ3n) is 7.69. The summed E-state index contributed by atoms with van der Waals surface area (Å²) in [6.45, 7) is 2.65. The van der Waals surface area contributed by atoms with E-state index in [0.717, 1.165) is 0 Å². The minimum atomic E-state index is -5.11. The average Bonchev–Trinajstić information content (AvgIpc) is 2.91. The summed E-state index contributed by atoms with van der Waals surface area (Å²) in [6.07, 6.45) is -9.07. The number of rotatable bonds is 4. The Morgan fingerprint density at radius 3 is 1.81 bits per heavy atom. The van der Waals surface area contributed by atoms with E-state index < -0.39 is 46.9 Å². The van der Waals surface area contributed by atoms with Crippen molar-refractivity contribution in [1.29, 1.82) is 0 Å². The molecule has 3 amide bonds. The van der Waals surface area contributed by atoms with Crippen LogP contribution in [0.25, 0.3) is 0 Å². The zero-order valence-corrected chi connectivity index (χ0v) is 23.8. The summed E-state index contributed by atoms with van der Waals surface area (Å²) in [5.74, 6) is -2.26. The number of amides is 3. The first kappa shape index (κ1) is 31.9. The zero-order chi connectivity index (χ0) is 31.0. The molecule has 0 aromatic heterocycles. The monoisotopic (exact) mass is 637 g/mol. The minimum Gasteiger partial charge on any atom is -0.349 e. The highest BCUT2D eigenvalue weighted by molar-refractivity contribution is 6.34. The van der Waals surface area contributed by atoms with Gasteiger partial charge in [0.25, 0.3) is 5.91 Å². The van der Waals surface area contributed by atoms with Crippen molar-refractivity contribution < 1.29 is 40.7 Å². The first-order chi connectivity index (χ1) is 19.5. The molecule has 4 rings (SSSR count).